The van der Waals surface area contributed by atoms with Crippen molar-refractivity contribution in [1.29, 1.82) is 0 Å². The van der Waals surface area contributed by atoms with Crippen molar-refractivity contribution in [3.8, 4) is 5.75 Å². The molecule has 4 rings (SSSR count). The van der Waals surface area contributed by atoms with Crippen molar-refractivity contribution in [3.05, 3.63) is 30.4 Å². The number of nitrogens with zero attached hydrogens (tertiary/aromatic N) is 3. The first-order chi connectivity index (χ1) is 15.2. The van der Waals surface area contributed by atoms with Gasteiger partial charge in [0.15, 0.2) is 5.75 Å². The Morgan fingerprint density at radius 1 is 1.12 bits per heavy atom. The number of alkyl halides is 3. The number of carbonyl (C=O) groups excluding carboxylic acids is 2. The highest BCUT2D eigenvalue weighted by atomic mass is 19.4. The summed E-state index contributed by atoms with van der Waals surface area (Å²) in [6.45, 7) is 9.81. The molecule has 2 amide bonds. The molecule has 180 valence electrons. The zero-order chi connectivity index (χ0) is 24.3. The minimum absolute atomic E-state index is 0.0668. The number of likely N-dealkylation sites (tertiary alicyclic amines) is 1. The molecule has 1 saturated heterocycles. The van der Waals surface area contributed by atoms with Crippen LogP contribution in [0.25, 0.3) is 5.52 Å². The number of hydrogen-bond acceptors (Lipinski definition) is 5. The summed E-state index contributed by atoms with van der Waals surface area (Å²) in [4.78, 5) is 31.1. The summed E-state index contributed by atoms with van der Waals surface area (Å²) < 4.78 is 49.1. The van der Waals surface area contributed by atoms with Gasteiger partial charge in [0.2, 0.25) is 5.91 Å². The summed E-state index contributed by atoms with van der Waals surface area (Å²) in [6.07, 6.45) is -2.35. The number of piperidine rings is 1. The maximum Gasteiger partial charge on any atom is 0.573 e. The number of carbonyl (C=O) groups is 2. The highest BCUT2D eigenvalue weighted by Crippen LogP contribution is 2.52. The van der Waals surface area contributed by atoms with Gasteiger partial charge in [0, 0.05) is 25.2 Å². The molecule has 1 saturated carbocycles. The number of nitrogens with one attached hydrogen (secondary N) is 1. The van der Waals surface area contributed by atoms with Crippen LogP contribution >= 0.6 is 0 Å². The number of pyridine rings is 1. The zero-order valence-electron chi connectivity index (χ0n) is 19.1. The number of ether oxygens (including phenoxy) is 2. The van der Waals surface area contributed by atoms with E-state index >= 15 is 0 Å². The average Bonchev–Trinajstić information content (AvgIpc) is 3.01. The van der Waals surface area contributed by atoms with E-state index in [2.05, 4.69) is 15.0 Å². The van der Waals surface area contributed by atoms with Crippen LogP contribution in [0.15, 0.2) is 24.5 Å². The SMILES string of the molecule is CC(C)(C)OC(=O)N1CC2C(C1)C2C(=O)NC(C)(C)c1ncc2c(OC(F)(F)F)cccn12. The number of hydrogen-bond donors (Lipinski definition) is 1. The van der Waals surface area contributed by atoms with Crippen molar-refractivity contribution in [2.75, 3.05) is 13.1 Å². The predicted molar refractivity (Wildman–Crippen MR) is 111 cm³/mol. The molecular formula is C22H27F3N4O4. The minimum atomic E-state index is -4.83. The lowest BCUT2D eigenvalue weighted by atomic mass is 10.0. The maximum atomic E-state index is 13.0. The zero-order valence-corrected chi connectivity index (χ0v) is 19.1. The third-order valence-electron chi connectivity index (χ3n) is 5.90. The number of imidazole rings is 1. The van der Waals surface area contributed by atoms with E-state index in [1.165, 1.54) is 22.7 Å². The van der Waals surface area contributed by atoms with Gasteiger partial charge in [0.25, 0.3) is 0 Å². The smallest absolute Gasteiger partial charge is 0.444 e. The Bertz CT molecular complexity index is 1080. The second kappa shape index (κ2) is 7.53. The molecule has 2 aromatic heterocycles. The third kappa shape index (κ3) is 4.72. The topological polar surface area (TPSA) is 85.2 Å². The van der Waals surface area contributed by atoms with Crippen LogP contribution in [0, 0.1) is 17.8 Å². The second-order valence-corrected chi connectivity index (χ2v) is 10.1. The van der Waals surface area contributed by atoms with Gasteiger partial charge in [0.1, 0.15) is 16.9 Å². The Labute approximate surface area is 189 Å². The number of aromatic nitrogens is 2. The quantitative estimate of drug-likeness (QED) is 0.740. The Hall–Kier alpha value is -2.98. The fourth-order valence-corrected chi connectivity index (χ4v) is 4.51. The lowest BCUT2D eigenvalue weighted by Crippen LogP contribution is -2.45. The molecule has 0 spiro atoms. The molecule has 2 aromatic rings. The van der Waals surface area contributed by atoms with Gasteiger partial charge in [-0.3, -0.25) is 9.20 Å². The fraction of sp³-hybridized carbons (Fsp3) is 0.591. The highest BCUT2D eigenvalue weighted by molar-refractivity contribution is 5.84. The van der Waals surface area contributed by atoms with Crippen molar-refractivity contribution in [3.63, 3.8) is 0 Å². The molecule has 2 atom stereocenters. The Kier molecular flexibility index (Phi) is 5.29. The van der Waals surface area contributed by atoms with Gasteiger partial charge in [-0.15, -0.1) is 13.2 Å². The molecular weight excluding hydrogens is 441 g/mol. The molecule has 33 heavy (non-hydrogen) atoms. The molecule has 2 fully saturated rings. The molecule has 8 nitrogen and oxygen atoms in total. The Morgan fingerprint density at radius 2 is 1.76 bits per heavy atom. The Balaban J connectivity index is 1.42. The van der Waals surface area contributed by atoms with Crippen molar-refractivity contribution in [2.24, 2.45) is 17.8 Å². The van der Waals surface area contributed by atoms with Gasteiger partial charge in [-0.05, 0) is 58.6 Å². The van der Waals surface area contributed by atoms with E-state index in [1.54, 1.807) is 45.7 Å². The first kappa shape index (κ1) is 23.2. The molecule has 11 heteroatoms. The summed E-state index contributed by atoms with van der Waals surface area (Å²) in [5.74, 6) is -0.254. The van der Waals surface area contributed by atoms with Crippen LogP contribution < -0.4 is 10.1 Å². The number of amides is 2. The molecule has 0 bridgehead atoms. The van der Waals surface area contributed by atoms with Crippen LogP contribution in [0.4, 0.5) is 18.0 Å². The molecule has 0 radical (unpaired) electrons. The molecule has 3 heterocycles. The first-order valence-corrected chi connectivity index (χ1v) is 10.7. The molecule has 1 aliphatic carbocycles. The van der Waals surface area contributed by atoms with E-state index in [9.17, 15) is 22.8 Å². The lowest BCUT2D eigenvalue weighted by Gasteiger charge is -2.27. The van der Waals surface area contributed by atoms with E-state index in [-0.39, 0.29) is 41.0 Å². The van der Waals surface area contributed by atoms with E-state index in [1.807, 2.05) is 0 Å². The molecule has 0 aromatic carbocycles. The minimum Gasteiger partial charge on any atom is -0.444 e. The highest BCUT2D eigenvalue weighted by Gasteiger charge is 2.61. The number of fused-ring (bicyclic) bond motifs is 2. The standard InChI is InChI=1S/C22H27F3N4O4/c1-20(2,3)33-19(31)28-10-12-13(11-28)16(12)17(30)27-21(4,5)18-26-9-14-15(32-22(23,24)25)7-6-8-29(14)18/h6-9,12-13,16H,10-11H2,1-5H3,(H,27,30). The van der Waals surface area contributed by atoms with Gasteiger partial charge in [-0.2, -0.15) is 0 Å². The first-order valence-electron chi connectivity index (χ1n) is 10.7. The maximum absolute atomic E-state index is 13.0. The predicted octanol–water partition coefficient (Wildman–Crippen LogP) is 3.70. The summed E-state index contributed by atoms with van der Waals surface area (Å²) in [5.41, 5.74) is -1.39. The molecule has 2 unspecified atom stereocenters. The number of rotatable bonds is 4. The van der Waals surface area contributed by atoms with Gasteiger partial charge >= 0.3 is 12.5 Å². The monoisotopic (exact) mass is 468 g/mol. The Morgan fingerprint density at radius 3 is 2.33 bits per heavy atom. The van der Waals surface area contributed by atoms with Gasteiger partial charge in [-0.25, -0.2) is 9.78 Å². The van der Waals surface area contributed by atoms with E-state index in [4.69, 9.17) is 4.74 Å². The van der Waals surface area contributed by atoms with E-state index in [0.717, 1.165) is 0 Å². The second-order valence-electron chi connectivity index (χ2n) is 10.1. The van der Waals surface area contributed by atoms with Crippen LogP contribution in [-0.4, -0.2) is 51.3 Å². The van der Waals surface area contributed by atoms with Crippen LogP contribution in [0.5, 0.6) is 5.75 Å². The van der Waals surface area contributed by atoms with Crippen molar-refractivity contribution >= 4 is 17.5 Å². The third-order valence-corrected chi connectivity index (χ3v) is 5.90. The van der Waals surface area contributed by atoms with Crippen molar-refractivity contribution in [2.45, 2.75) is 52.1 Å². The number of halogens is 3. The molecule has 2 aliphatic rings. The van der Waals surface area contributed by atoms with Crippen LogP contribution in [-0.2, 0) is 15.1 Å². The lowest BCUT2D eigenvalue weighted by molar-refractivity contribution is -0.274. The van der Waals surface area contributed by atoms with E-state index in [0.29, 0.717) is 18.9 Å². The fourth-order valence-electron chi connectivity index (χ4n) is 4.51. The van der Waals surface area contributed by atoms with Crippen LogP contribution in [0.3, 0.4) is 0 Å². The van der Waals surface area contributed by atoms with Gasteiger partial charge < -0.3 is 19.7 Å². The van der Waals surface area contributed by atoms with Crippen molar-refractivity contribution < 1.29 is 32.2 Å². The van der Waals surface area contributed by atoms with Crippen LogP contribution in [0.2, 0.25) is 0 Å². The molecule has 1 aliphatic heterocycles. The summed E-state index contributed by atoms with van der Waals surface area (Å²) >= 11 is 0. The van der Waals surface area contributed by atoms with Gasteiger partial charge in [-0.1, -0.05) is 0 Å². The summed E-state index contributed by atoms with van der Waals surface area (Å²) in [7, 11) is 0. The largest absolute Gasteiger partial charge is 0.573 e. The van der Waals surface area contributed by atoms with Gasteiger partial charge in [0.05, 0.1) is 11.7 Å². The van der Waals surface area contributed by atoms with Crippen LogP contribution in [0.1, 0.15) is 40.4 Å². The summed E-state index contributed by atoms with van der Waals surface area (Å²) in [6, 6.07) is 2.63. The normalized spacial score (nSPS) is 22.8. The van der Waals surface area contributed by atoms with Crippen molar-refractivity contribution in [1.82, 2.24) is 19.6 Å². The molecule has 1 N–H and O–H groups in total. The summed E-state index contributed by atoms with van der Waals surface area (Å²) in [5, 5.41) is 2.97. The van der Waals surface area contributed by atoms with E-state index < -0.39 is 17.5 Å². The average molecular weight is 468 g/mol.